The molecule has 7 amide bonds. The van der Waals surface area contributed by atoms with Gasteiger partial charge in [-0.2, -0.15) is 0 Å². The molecular weight excluding hydrogens is 919 g/mol. The average molecular weight is 1010 g/mol. The second kappa shape index (κ2) is 29.7. The summed E-state index contributed by atoms with van der Waals surface area (Å²) in [6.07, 6.45) is 16.9. The number of amides is 7. The minimum absolute atomic E-state index is 0.0298. The lowest BCUT2D eigenvalue weighted by Gasteiger charge is -2.56. The van der Waals surface area contributed by atoms with Crippen LogP contribution in [0.2, 0.25) is 0 Å². The van der Waals surface area contributed by atoms with Gasteiger partial charge in [-0.25, -0.2) is 0 Å². The summed E-state index contributed by atoms with van der Waals surface area (Å²) in [5, 5.41) is 30.8. The molecule has 5 fully saturated rings. The monoisotopic (exact) mass is 1010 g/mol. The van der Waals surface area contributed by atoms with E-state index in [-0.39, 0.29) is 65.6 Å². The van der Waals surface area contributed by atoms with Crippen LogP contribution in [0.25, 0.3) is 0 Å². The first kappa shape index (κ1) is 60.4. The van der Waals surface area contributed by atoms with Gasteiger partial charge in [0.05, 0.1) is 18.8 Å². The van der Waals surface area contributed by atoms with E-state index in [4.69, 9.17) is 4.74 Å². The summed E-state index contributed by atoms with van der Waals surface area (Å²) in [4.78, 5) is 105. The normalized spacial score (nSPS) is 25.0. The Morgan fingerprint density at radius 2 is 0.861 bits per heavy atom. The van der Waals surface area contributed by atoms with E-state index in [9.17, 15) is 43.5 Å². The van der Waals surface area contributed by atoms with Crippen molar-refractivity contribution in [1.82, 2.24) is 37.2 Å². The molecule has 8 N–H and O–H groups in total. The summed E-state index contributed by atoms with van der Waals surface area (Å²) in [5.41, 5.74) is -0.719. The predicted molar refractivity (Wildman–Crippen MR) is 277 cm³/mol. The van der Waals surface area contributed by atoms with Crippen molar-refractivity contribution in [2.45, 2.75) is 233 Å². The molecule has 1 heterocycles. The number of nitrogens with one attached hydrogen (secondary N) is 7. The zero-order chi connectivity index (χ0) is 53.0. The van der Waals surface area contributed by atoms with E-state index in [2.05, 4.69) is 37.2 Å². The third-order valence-electron chi connectivity index (χ3n) is 16.5. The van der Waals surface area contributed by atoms with Crippen molar-refractivity contribution >= 4 is 47.1 Å². The van der Waals surface area contributed by atoms with Gasteiger partial charge in [0.25, 0.3) is 0 Å². The minimum atomic E-state index is -1.41. The first-order valence-electron chi connectivity index (χ1n) is 28.1. The van der Waals surface area contributed by atoms with Crippen LogP contribution in [0.4, 0.5) is 0 Å². The Kier molecular flexibility index (Phi) is 24.9. The molecule has 410 valence electrons. The van der Waals surface area contributed by atoms with Crippen molar-refractivity contribution in [3.05, 3.63) is 0 Å². The molecule has 9 atom stereocenters. The van der Waals surface area contributed by atoms with Gasteiger partial charge in [0, 0.05) is 45.3 Å². The molecule has 4 saturated carbocycles. The van der Waals surface area contributed by atoms with Crippen LogP contribution in [0.1, 0.15) is 197 Å². The van der Waals surface area contributed by atoms with Crippen molar-refractivity contribution in [3.63, 3.8) is 0 Å². The molecule has 1 aliphatic heterocycles. The number of epoxide rings is 1. The van der Waals surface area contributed by atoms with Crippen LogP contribution in [0.3, 0.4) is 0 Å². The topological polar surface area (TPSA) is 254 Å². The highest BCUT2D eigenvalue weighted by Gasteiger charge is 2.52. The number of Topliss-reactive ketones (excluding diaryl/α,β-unsaturated/α-hetero) is 1. The van der Waals surface area contributed by atoms with Gasteiger partial charge in [-0.15, -0.1) is 0 Å². The smallest absolute Gasteiger partial charge is 0.245 e. The second-order valence-corrected chi connectivity index (χ2v) is 22.9. The van der Waals surface area contributed by atoms with Crippen molar-refractivity contribution in [3.8, 4) is 0 Å². The molecule has 0 spiro atoms. The Morgan fingerprint density at radius 3 is 1.28 bits per heavy atom. The van der Waals surface area contributed by atoms with Crippen LogP contribution in [0, 0.1) is 40.9 Å². The molecule has 17 nitrogen and oxygen atoms in total. The van der Waals surface area contributed by atoms with Crippen LogP contribution in [0.5, 0.6) is 0 Å². The summed E-state index contributed by atoms with van der Waals surface area (Å²) < 4.78 is 5.34. The maximum absolute atomic E-state index is 13.8. The molecule has 0 aromatic heterocycles. The van der Waals surface area contributed by atoms with Crippen LogP contribution in [-0.4, -0.2) is 114 Å². The standard InChI is InChI=1S/C55H95N7O10/c1-9-35(4)46(50(68)54(8)34-72-54)60-53(71)49(38(7)63)62-52(70)48(37(6)11-3)61-51(69)47(36(5)10-2)59-44(66)23-17-14-19-25-57-42(64)21-15-12-18-24-56-43(65)22-16-13-20-26-58-45(67)33-55-30-39-27-40(31-55)29-41(28-39)32-55/h35-41,46-49,63H,9-34H2,1-8H3,(H,56,65)(H,57,64)(H,58,67)(H,59,66)(H,60,71)(H,61,69)(H,62,70)/t35-,36-,37-,38+,39?,40?,41?,46-,47-,48-,49-,54+,55?/m0/s1. The molecule has 0 radical (unpaired) electrons. The first-order valence-corrected chi connectivity index (χ1v) is 28.1. The molecule has 72 heavy (non-hydrogen) atoms. The predicted octanol–water partition coefficient (Wildman–Crippen LogP) is 5.44. The number of aliphatic hydroxyl groups is 1. The Bertz CT molecular complexity index is 1770. The molecule has 4 aliphatic carbocycles. The molecule has 17 heteroatoms. The number of hydrogen-bond acceptors (Lipinski definition) is 10. The highest BCUT2D eigenvalue weighted by atomic mass is 16.6. The summed E-state index contributed by atoms with van der Waals surface area (Å²) in [7, 11) is 0. The maximum atomic E-state index is 13.8. The number of hydrogen-bond donors (Lipinski definition) is 8. The highest BCUT2D eigenvalue weighted by molar-refractivity contribution is 5.99. The molecule has 1 saturated heterocycles. The molecule has 0 aromatic carbocycles. The van der Waals surface area contributed by atoms with Gasteiger partial charge in [0.1, 0.15) is 23.7 Å². The number of carbonyl (C=O) groups is 8. The summed E-state index contributed by atoms with van der Waals surface area (Å²) in [6, 6.07) is -4.32. The van der Waals surface area contributed by atoms with Crippen molar-refractivity contribution in [2.24, 2.45) is 40.9 Å². The van der Waals surface area contributed by atoms with E-state index < -0.39 is 53.6 Å². The SMILES string of the molecule is CC[C@H](C)[C@H](NC(=O)CCCCCNC(=O)CCCCCNC(=O)CCCCCNC(=O)CC12CC3CC(CC(C3)C1)C2)C(=O)N[C@H](C(=O)N[C@H](C(=O)N[C@H](C(=O)[C@@]1(C)CO1)[C@@H](C)CC)[C@@H](C)O)[C@@H](C)CC. The second-order valence-electron chi connectivity index (χ2n) is 22.9. The van der Waals surface area contributed by atoms with E-state index >= 15 is 0 Å². The zero-order valence-corrected chi connectivity index (χ0v) is 45.4. The number of rotatable bonds is 36. The van der Waals surface area contributed by atoms with E-state index in [0.717, 1.165) is 56.3 Å². The minimum Gasteiger partial charge on any atom is -0.391 e. The fourth-order valence-electron chi connectivity index (χ4n) is 11.6. The van der Waals surface area contributed by atoms with Gasteiger partial charge in [-0.05, 0) is 132 Å². The number of carbonyl (C=O) groups excluding carboxylic acids is 8. The van der Waals surface area contributed by atoms with Crippen LogP contribution in [0.15, 0.2) is 0 Å². The molecule has 4 bridgehead atoms. The molecule has 0 unspecified atom stereocenters. The van der Waals surface area contributed by atoms with Gasteiger partial charge in [0.15, 0.2) is 5.78 Å². The fourth-order valence-corrected chi connectivity index (χ4v) is 11.6. The number of ketones is 1. The Hall–Kier alpha value is -4.12. The fraction of sp³-hybridized carbons (Fsp3) is 0.855. The van der Waals surface area contributed by atoms with Gasteiger partial charge in [-0.1, -0.05) is 80.1 Å². The first-order chi connectivity index (χ1) is 34.2. The Labute approximate surface area is 430 Å². The maximum Gasteiger partial charge on any atom is 0.245 e. The molecule has 0 aromatic rings. The number of aliphatic hydroxyl groups excluding tert-OH is 1. The van der Waals surface area contributed by atoms with Crippen LogP contribution in [-0.2, 0) is 43.1 Å². The Balaban J connectivity index is 1.04. The third-order valence-corrected chi connectivity index (χ3v) is 16.5. The van der Waals surface area contributed by atoms with E-state index in [1.165, 1.54) is 45.4 Å². The molecular formula is C55H95N7O10. The lowest BCUT2D eigenvalue weighted by molar-refractivity contribution is -0.138. The summed E-state index contributed by atoms with van der Waals surface area (Å²) >= 11 is 0. The van der Waals surface area contributed by atoms with Gasteiger partial charge in [-0.3, -0.25) is 38.4 Å². The lowest BCUT2D eigenvalue weighted by atomic mass is 9.49. The quantitative estimate of drug-likeness (QED) is 0.0292. The summed E-state index contributed by atoms with van der Waals surface area (Å²) in [5.74, 6) is -0.618. The molecule has 5 aliphatic rings. The largest absolute Gasteiger partial charge is 0.391 e. The van der Waals surface area contributed by atoms with Gasteiger partial charge >= 0.3 is 0 Å². The lowest BCUT2D eigenvalue weighted by Crippen LogP contribution is -2.62. The van der Waals surface area contributed by atoms with Gasteiger partial charge in [0.2, 0.25) is 41.4 Å². The van der Waals surface area contributed by atoms with Crippen molar-refractivity contribution in [1.29, 1.82) is 0 Å². The Morgan fingerprint density at radius 1 is 0.500 bits per heavy atom. The van der Waals surface area contributed by atoms with E-state index in [0.29, 0.717) is 77.4 Å². The number of unbranched alkanes of at least 4 members (excludes halogenated alkanes) is 6. The van der Waals surface area contributed by atoms with Crippen LogP contribution >= 0.6 is 0 Å². The van der Waals surface area contributed by atoms with Gasteiger partial charge < -0.3 is 47.1 Å². The summed E-state index contributed by atoms with van der Waals surface area (Å²) in [6.45, 7) is 16.2. The third kappa shape index (κ3) is 19.3. The van der Waals surface area contributed by atoms with Crippen molar-refractivity contribution < 1.29 is 48.2 Å². The average Bonchev–Trinajstić information content (AvgIpc) is 4.09. The molecule has 5 rings (SSSR count). The van der Waals surface area contributed by atoms with E-state index in [1.54, 1.807) is 13.8 Å². The van der Waals surface area contributed by atoms with Crippen molar-refractivity contribution in [2.75, 3.05) is 26.2 Å². The van der Waals surface area contributed by atoms with E-state index in [1.807, 2.05) is 34.6 Å². The zero-order valence-electron chi connectivity index (χ0n) is 45.4. The van der Waals surface area contributed by atoms with Crippen LogP contribution < -0.4 is 37.2 Å². The number of ether oxygens (including phenoxy) is 1. The highest BCUT2D eigenvalue weighted by Crippen LogP contribution is 2.61.